The van der Waals surface area contributed by atoms with Gasteiger partial charge in [0.15, 0.2) is 0 Å². The maximum atomic E-state index is 11.3. The first-order valence-electron chi connectivity index (χ1n) is 5.91. The number of carbonyl (C=O) groups is 1. The number of rotatable bonds is 3. The third-order valence-electron chi connectivity index (χ3n) is 2.70. The Morgan fingerprint density at radius 1 is 1.41 bits per heavy atom. The molecule has 3 nitrogen and oxygen atoms in total. The second-order valence-corrected chi connectivity index (χ2v) is 5.86. The van der Waals surface area contributed by atoms with E-state index in [0.29, 0.717) is 12.3 Å². The van der Waals surface area contributed by atoms with Crippen LogP contribution in [0.3, 0.4) is 0 Å². The summed E-state index contributed by atoms with van der Waals surface area (Å²) in [5, 5.41) is 2.86. The summed E-state index contributed by atoms with van der Waals surface area (Å²) in [5.74, 6) is 1.80. The highest BCUT2D eigenvalue weighted by Gasteiger charge is 2.16. The lowest BCUT2D eigenvalue weighted by Crippen LogP contribution is -2.19. The molecule has 92 valence electrons. The molecule has 0 atom stereocenters. The fraction of sp³-hybridized carbons (Fsp3) is 0.462. The third kappa shape index (κ3) is 2.94. The molecule has 0 aromatic heterocycles. The van der Waals surface area contributed by atoms with E-state index in [0.717, 1.165) is 28.4 Å². The zero-order chi connectivity index (χ0) is 12.4. The van der Waals surface area contributed by atoms with Crippen molar-refractivity contribution < 1.29 is 4.79 Å². The standard InChI is InChI=1S/C13H18N2OS/c1-8(2)7-17-12-5-9-3-4-13(16)15-11(9)6-10(12)14/h5-6,8H,3-4,7,14H2,1-2H3,(H,15,16). The number of nitrogen functional groups attached to an aromatic ring is 1. The zero-order valence-corrected chi connectivity index (χ0v) is 11.1. The summed E-state index contributed by atoms with van der Waals surface area (Å²) in [7, 11) is 0. The summed E-state index contributed by atoms with van der Waals surface area (Å²) in [5.41, 5.74) is 8.85. The molecular formula is C13H18N2OS. The second-order valence-electron chi connectivity index (χ2n) is 4.80. The fourth-order valence-corrected chi connectivity index (χ4v) is 2.77. The van der Waals surface area contributed by atoms with E-state index < -0.39 is 0 Å². The van der Waals surface area contributed by atoms with Crippen molar-refractivity contribution in [3.8, 4) is 0 Å². The van der Waals surface area contributed by atoms with Gasteiger partial charge in [0.05, 0.1) is 0 Å². The molecule has 1 aromatic carbocycles. The monoisotopic (exact) mass is 250 g/mol. The number of nitrogens with one attached hydrogen (secondary N) is 1. The first-order chi connectivity index (χ1) is 8.06. The van der Waals surface area contributed by atoms with Crippen LogP contribution >= 0.6 is 11.8 Å². The van der Waals surface area contributed by atoms with Crippen molar-refractivity contribution in [3.05, 3.63) is 17.7 Å². The maximum Gasteiger partial charge on any atom is 0.224 e. The van der Waals surface area contributed by atoms with Gasteiger partial charge < -0.3 is 11.1 Å². The van der Waals surface area contributed by atoms with Crippen LogP contribution in [0.2, 0.25) is 0 Å². The molecule has 2 rings (SSSR count). The van der Waals surface area contributed by atoms with Gasteiger partial charge in [-0.1, -0.05) is 13.8 Å². The zero-order valence-electron chi connectivity index (χ0n) is 10.2. The number of nitrogens with two attached hydrogens (primary N) is 1. The minimum absolute atomic E-state index is 0.0829. The van der Waals surface area contributed by atoms with E-state index in [1.807, 2.05) is 6.07 Å². The Labute approximate surface area is 106 Å². The normalized spacial score (nSPS) is 14.6. The van der Waals surface area contributed by atoms with E-state index in [9.17, 15) is 4.79 Å². The smallest absolute Gasteiger partial charge is 0.224 e. The van der Waals surface area contributed by atoms with Gasteiger partial charge in [-0.2, -0.15) is 0 Å². The van der Waals surface area contributed by atoms with Crippen LogP contribution < -0.4 is 11.1 Å². The average molecular weight is 250 g/mol. The van der Waals surface area contributed by atoms with Crippen molar-refractivity contribution >= 4 is 29.0 Å². The van der Waals surface area contributed by atoms with Crippen LogP contribution in [0.5, 0.6) is 0 Å². The minimum atomic E-state index is 0.0829. The third-order valence-corrected chi connectivity index (χ3v) is 4.20. The molecule has 17 heavy (non-hydrogen) atoms. The van der Waals surface area contributed by atoms with Gasteiger partial charge in [-0.25, -0.2) is 0 Å². The van der Waals surface area contributed by atoms with E-state index in [1.54, 1.807) is 11.8 Å². The van der Waals surface area contributed by atoms with Crippen LogP contribution in [-0.4, -0.2) is 11.7 Å². The molecule has 1 amide bonds. The van der Waals surface area contributed by atoms with Crippen molar-refractivity contribution in [3.63, 3.8) is 0 Å². The first kappa shape index (κ1) is 12.3. The summed E-state index contributed by atoms with van der Waals surface area (Å²) in [6.07, 6.45) is 1.39. The van der Waals surface area contributed by atoms with Gasteiger partial charge in [-0.15, -0.1) is 11.8 Å². The molecule has 0 saturated heterocycles. The number of aryl methyl sites for hydroxylation is 1. The van der Waals surface area contributed by atoms with Crippen LogP contribution in [0.25, 0.3) is 0 Å². The molecule has 0 saturated carbocycles. The van der Waals surface area contributed by atoms with Crippen LogP contribution in [0.15, 0.2) is 17.0 Å². The van der Waals surface area contributed by atoms with Crippen LogP contribution in [0.1, 0.15) is 25.8 Å². The van der Waals surface area contributed by atoms with Gasteiger partial charge in [-0.3, -0.25) is 4.79 Å². The van der Waals surface area contributed by atoms with Crippen LogP contribution in [0.4, 0.5) is 11.4 Å². The van der Waals surface area contributed by atoms with Gasteiger partial charge in [-0.05, 0) is 30.0 Å². The van der Waals surface area contributed by atoms with E-state index in [-0.39, 0.29) is 5.91 Å². The molecular weight excluding hydrogens is 232 g/mol. The van der Waals surface area contributed by atoms with E-state index >= 15 is 0 Å². The molecule has 3 N–H and O–H groups in total. The molecule has 1 heterocycles. The van der Waals surface area contributed by atoms with Crippen molar-refractivity contribution in [1.29, 1.82) is 0 Å². The van der Waals surface area contributed by atoms with Gasteiger partial charge in [0.1, 0.15) is 0 Å². The predicted molar refractivity (Wildman–Crippen MR) is 73.4 cm³/mol. The van der Waals surface area contributed by atoms with Crippen LogP contribution in [-0.2, 0) is 11.2 Å². The lowest BCUT2D eigenvalue weighted by atomic mass is 10.0. The van der Waals surface area contributed by atoms with Gasteiger partial charge in [0, 0.05) is 28.4 Å². The SMILES string of the molecule is CC(C)CSc1cc2c(cc1N)NC(=O)CC2. The van der Waals surface area contributed by atoms with Gasteiger partial charge in [0.25, 0.3) is 0 Å². The average Bonchev–Trinajstić information content (AvgIpc) is 2.26. The Balaban J connectivity index is 2.22. The molecule has 0 aliphatic carbocycles. The largest absolute Gasteiger partial charge is 0.398 e. The van der Waals surface area contributed by atoms with Crippen LogP contribution in [0, 0.1) is 5.92 Å². The minimum Gasteiger partial charge on any atom is -0.398 e. The molecule has 4 heteroatoms. The first-order valence-corrected chi connectivity index (χ1v) is 6.90. The number of hydrogen-bond acceptors (Lipinski definition) is 3. The van der Waals surface area contributed by atoms with E-state index in [1.165, 1.54) is 5.56 Å². The number of carbonyl (C=O) groups excluding carboxylic acids is 1. The van der Waals surface area contributed by atoms with Crippen molar-refractivity contribution in [2.75, 3.05) is 16.8 Å². The lowest BCUT2D eigenvalue weighted by molar-refractivity contribution is -0.116. The summed E-state index contributed by atoms with van der Waals surface area (Å²) in [4.78, 5) is 12.4. The second kappa shape index (κ2) is 5.00. The number of fused-ring (bicyclic) bond motifs is 1. The Bertz CT molecular complexity index is 443. The van der Waals surface area contributed by atoms with Gasteiger partial charge in [0.2, 0.25) is 5.91 Å². The molecule has 0 bridgehead atoms. The summed E-state index contributed by atoms with van der Waals surface area (Å²) >= 11 is 1.79. The quantitative estimate of drug-likeness (QED) is 0.640. The Morgan fingerprint density at radius 2 is 2.18 bits per heavy atom. The molecule has 0 spiro atoms. The fourth-order valence-electron chi connectivity index (χ4n) is 1.80. The number of anilines is 2. The number of hydrogen-bond donors (Lipinski definition) is 2. The summed E-state index contributed by atoms with van der Waals surface area (Å²) in [6.45, 7) is 4.39. The van der Waals surface area contributed by atoms with Gasteiger partial charge >= 0.3 is 0 Å². The lowest BCUT2D eigenvalue weighted by Gasteiger charge is -2.19. The highest BCUT2D eigenvalue weighted by Crippen LogP contribution is 2.34. The molecule has 0 unspecified atom stereocenters. The summed E-state index contributed by atoms with van der Waals surface area (Å²) in [6, 6.07) is 4.01. The van der Waals surface area contributed by atoms with E-state index in [2.05, 4.69) is 25.2 Å². The molecule has 1 aliphatic rings. The Morgan fingerprint density at radius 3 is 2.88 bits per heavy atom. The number of benzene rings is 1. The van der Waals surface area contributed by atoms with Crippen molar-refractivity contribution in [1.82, 2.24) is 0 Å². The number of amides is 1. The summed E-state index contributed by atoms with van der Waals surface area (Å²) < 4.78 is 0. The predicted octanol–water partition coefficient (Wildman–Crippen LogP) is 2.90. The molecule has 0 fully saturated rings. The molecule has 0 radical (unpaired) electrons. The highest BCUT2D eigenvalue weighted by molar-refractivity contribution is 7.99. The molecule has 1 aromatic rings. The molecule has 1 aliphatic heterocycles. The van der Waals surface area contributed by atoms with Crippen molar-refractivity contribution in [2.45, 2.75) is 31.6 Å². The number of thioether (sulfide) groups is 1. The highest BCUT2D eigenvalue weighted by atomic mass is 32.2. The van der Waals surface area contributed by atoms with E-state index in [4.69, 9.17) is 5.73 Å². The Hall–Kier alpha value is -1.16. The topological polar surface area (TPSA) is 55.1 Å². The maximum absolute atomic E-state index is 11.3. The Kier molecular flexibility index (Phi) is 3.62. The van der Waals surface area contributed by atoms with Crippen molar-refractivity contribution in [2.24, 2.45) is 5.92 Å².